The minimum absolute atomic E-state index is 0.133. The van der Waals surface area contributed by atoms with Crippen LogP contribution in [0.3, 0.4) is 0 Å². The Hall–Kier alpha value is -1.62. The van der Waals surface area contributed by atoms with Gasteiger partial charge in [0.15, 0.2) is 0 Å². The van der Waals surface area contributed by atoms with Crippen molar-refractivity contribution in [1.29, 1.82) is 0 Å². The standard InChI is InChI=1S/C17H30N4O/c1-5-21(6-2)16(11-14(3)4)13-20-17(22)19-12-15-9-7-8-10-18-15/h7-10,14,16H,5-6,11-13H2,1-4H3,(H2,19,20,22). The van der Waals surface area contributed by atoms with Crippen molar-refractivity contribution in [2.75, 3.05) is 19.6 Å². The number of likely N-dealkylation sites (N-methyl/N-ethyl adjacent to an activating group) is 1. The molecule has 1 aromatic heterocycles. The molecule has 124 valence electrons. The second kappa shape index (κ2) is 10.2. The van der Waals surface area contributed by atoms with E-state index in [1.807, 2.05) is 18.2 Å². The van der Waals surface area contributed by atoms with Crippen LogP contribution >= 0.6 is 0 Å². The molecule has 0 aromatic carbocycles. The maximum Gasteiger partial charge on any atom is 0.315 e. The van der Waals surface area contributed by atoms with Gasteiger partial charge in [0, 0.05) is 18.8 Å². The summed E-state index contributed by atoms with van der Waals surface area (Å²) < 4.78 is 0. The van der Waals surface area contributed by atoms with E-state index in [9.17, 15) is 4.79 Å². The highest BCUT2D eigenvalue weighted by Crippen LogP contribution is 2.10. The van der Waals surface area contributed by atoms with Gasteiger partial charge in [-0.25, -0.2) is 4.79 Å². The molecule has 1 unspecified atom stereocenters. The van der Waals surface area contributed by atoms with Crippen LogP contribution in [0.2, 0.25) is 0 Å². The first kappa shape index (κ1) is 18.4. The number of carbonyl (C=O) groups is 1. The minimum Gasteiger partial charge on any atom is -0.337 e. The second-order valence-electron chi connectivity index (χ2n) is 5.89. The van der Waals surface area contributed by atoms with Gasteiger partial charge in [0.05, 0.1) is 12.2 Å². The molecule has 0 aliphatic rings. The summed E-state index contributed by atoms with van der Waals surface area (Å²) in [5, 5.41) is 5.84. The molecule has 1 rings (SSSR count). The lowest BCUT2D eigenvalue weighted by atomic mass is 10.0. The molecule has 1 aromatic rings. The third-order valence-electron chi connectivity index (χ3n) is 3.73. The monoisotopic (exact) mass is 306 g/mol. The van der Waals surface area contributed by atoms with E-state index < -0.39 is 0 Å². The van der Waals surface area contributed by atoms with Crippen LogP contribution in [0.1, 0.15) is 39.8 Å². The number of rotatable bonds is 9. The van der Waals surface area contributed by atoms with E-state index in [4.69, 9.17) is 0 Å². The highest BCUT2D eigenvalue weighted by molar-refractivity contribution is 5.73. The number of nitrogens with one attached hydrogen (secondary N) is 2. The summed E-state index contributed by atoms with van der Waals surface area (Å²) in [4.78, 5) is 18.5. The van der Waals surface area contributed by atoms with Crippen molar-refractivity contribution in [3.63, 3.8) is 0 Å². The van der Waals surface area contributed by atoms with Crippen LogP contribution in [0, 0.1) is 5.92 Å². The van der Waals surface area contributed by atoms with Crippen molar-refractivity contribution in [3.05, 3.63) is 30.1 Å². The number of hydrogen-bond donors (Lipinski definition) is 2. The molecule has 2 N–H and O–H groups in total. The summed E-state index contributed by atoms with van der Waals surface area (Å²) in [6.45, 7) is 11.9. The molecule has 0 radical (unpaired) electrons. The largest absolute Gasteiger partial charge is 0.337 e. The molecule has 0 bridgehead atoms. The molecular weight excluding hydrogens is 276 g/mol. The normalized spacial score (nSPS) is 12.5. The van der Waals surface area contributed by atoms with Gasteiger partial charge in [0.2, 0.25) is 0 Å². The summed E-state index contributed by atoms with van der Waals surface area (Å²) in [5.41, 5.74) is 0.861. The Bertz CT molecular complexity index is 418. The van der Waals surface area contributed by atoms with Crippen LogP contribution in [0.15, 0.2) is 24.4 Å². The maximum atomic E-state index is 11.9. The maximum absolute atomic E-state index is 11.9. The molecule has 0 aliphatic heterocycles. The lowest BCUT2D eigenvalue weighted by molar-refractivity contribution is 0.184. The number of nitrogens with zero attached hydrogens (tertiary/aromatic N) is 2. The van der Waals surface area contributed by atoms with Crippen molar-refractivity contribution < 1.29 is 4.79 Å². The van der Waals surface area contributed by atoms with E-state index >= 15 is 0 Å². The smallest absolute Gasteiger partial charge is 0.315 e. The van der Waals surface area contributed by atoms with Crippen LogP contribution < -0.4 is 10.6 Å². The zero-order chi connectivity index (χ0) is 16.4. The molecule has 0 saturated carbocycles. The fourth-order valence-corrected chi connectivity index (χ4v) is 2.59. The third kappa shape index (κ3) is 6.89. The van der Waals surface area contributed by atoms with Gasteiger partial charge in [-0.1, -0.05) is 33.8 Å². The summed E-state index contributed by atoms with van der Waals surface area (Å²) in [7, 11) is 0. The predicted octanol–water partition coefficient (Wildman–Crippen LogP) is 2.64. The van der Waals surface area contributed by atoms with E-state index in [1.54, 1.807) is 6.20 Å². The van der Waals surface area contributed by atoms with Gasteiger partial charge < -0.3 is 10.6 Å². The molecule has 0 spiro atoms. The third-order valence-corrected chi connectivity index (χ3v) is 3.73. The number of urea groups is 1. The molecule has 0 fully saturated rings. The second-order valence-corrected chi connectivity index (χ2v) is 5.89. The highest BCUT2D eigenvalue weighted by atomic mass is 16.2. The number of hydrogen-bond acceptors (Lipinski definition) is 3. The Morgan fingerprint density at radius 3 is 2.50 bits per heavy atom. The van der Waals surface area contributed by atoms with E-state index in [-0.39, 0.29) is 6.03 Å². The first-order chi connectivity index (χ1) is 10.6. The molecule has 1 atom stereocenters. The van der Waals surface area contributed by atoms with E-state index in [2.05, 4.69) is 48.2 Å². The van der Waals surface area contributed by atoms with Crippen molar-refractivity contribution in [2.45, 2.75) is 46.7 Å². The Kier molecular flexibility index (Phi) is 8.51. The average molecular weight is 306 g/mol. The molecule has 22 heavy (non-hydrogen) atoms. The van der Waals surface area contributed by atoms with E-state index in [1.165, 1.54) is 0 Å². The van der Waals surface area contributed by atoms with Crippen molar-refractivity contribution in [1.82, 2.24) is 20.5 Å². The van der Waals surface area contributed by atoms with Gasteiger partial charge in [-0.15, -0.1) is 0 Å². The van der Waals surface area contributed by atoms with Gasteiger partial charge in [0.1, 0.15) is 0 Å². The van der Waals surface area contributed by atoms with E-state index in [0.29, 0.717) is 25.0 Å². The average Bonchev–Trinajstić information content (AvgIpc) is 2.52. The molecule has 2 amide bonds. The molecule has 5 nitrogen and oxygen atoms in total. The first-order valence-corrected chi connectivity index (χ1v) is 8.22. The van der Waals surface area contributed by atoms with Crippen molar-refractivity contribution in [2.24, 2.45) is 5.92 Å². The minimum atomic E-state index is -0.133. The number of aromatic nitrogens is 1. The van der Waals surface area contributed by atoms with Gasteiger partial charge in [0.25, 0.3) is 0 Å². The Labute approximate surface area is 134 Å². The number of carbonyl (C=O) groups excluding carboxylic acids is 1. The lowest BCUT2D eigenvalue weighted by Gasteiger charge is -2.31. The number of pyridine rings is 1. The zero-order valence-corrected chi connectivity index (χ0v) is 14.3. The Balaban J connectivity index is 2.41. The van der Waals surface area contributed by atoms with E-state index in [0.717, 1.165) is 25.2 Å². The summed E-state index contributed by atoms with van der Waals surface area (Å²) in [6, 6.07) is 5.94. The van der Waals surface area contributed by atoms with Crippen molar-refractivity contribution in [3.8, 4) is 0 Å². The summed E-state index contributed by atoms with van der Waals surface area (Å²) in [5.74, 6) is 0.615. The van der Waals surface area contributed by atoms with Crippen LogP contribution in [-0.2, 0) is 6.54 Å². The fourth-order valence-electron chi connectivity index (χ4n) is 2.59. The zero-order valence-electron chi connectivity index (χ0n) is 14.3. The molecule has 0 aliphatic carbocycles. The van der Waals surface area contributed by atoms with Crippen molar-refractivity contribution >= 4 is 6.03 Å². The lowest BCUT2D eigenvalue weighted by Crippen LogP contribution is -2.47. The van der Waals surface area contributed by atoms with Gasteiger partial charge in [-0.2, -0.15) is 0 Å². The predicted molar refractivity (Wildman–Crippen MR) is 90.6 cm³/mol. The molecule has 0 saturated heterocycles. The van der Waals surface area contributed by atoms with Crippen LogP contribution in [0.4, 0.5) is 4.79 Å². The quantitative estimate of drug-likeness (QED) is 0.737. The first-order valence-electron chi connectivity index (χ1n) is 8.22. The fraction of sp³-hybridized carbons (Fsp3) is 0.647. The molecular formula is C17H30N4O. The van der Waals surface area contributed by atoms with Crippen LogP contribution in [-0.4, -0.2) is 41.6 Å². The summed E-state index contributed by atoms with van der Waals surface area (Å²) in [6.07, 6.45) is 2.82. The van der Waals surface area contributed by atoms with Gasteiger partial charge >= 0.3 is 6.03 Å². The number of amides is 2. The van der Waals surface area contributed by atoms with Gasteiger partial charge in [-0.05, 0) is 37.6 Å². The SMILES string of the molecule is CCN(CC)C(CNC(=O)NCc1ccccn1)CC(C)C. The topological polar surface area (TPSA) is 57.3 Å². The Morgan fingerprint density at radius 2 is 1.95 bits per heavy atom. The van der Waals surface area contributed by atoms with Crippen LogP contribution in [0.25, 0.3) is 0 Å². The highest BCUT2D eigenvalue weighted by Gasteiger charge is 2.17. The molecule has 1 heterocycles. The summed E-state index contributed by atoms with van der Waals surface area (Å²) >= 11 is 0. The Morgan fingerprint density at radius 1 is 1.23 bits per heavy atom. The van der Waals surface area contributed by atoms with Crippen LogP contribution in [0.5, 0.6) is 0 Å². The van der Waals surface area contributed by atoms with Gasteiger partial charge in [-0.3, -0.25) is 9.88 Å². The molecule has 5 heteroatoms.